The minimum absolute atomic E-state index is 0.225. The first-order valence-corrected chi connectivity index (χ1v) is 4.78. The number of aliphatic hydroxyl groups is 1. The number of rotatable bonds is 2. The number of hydroxylamine groups is 1. The molecule has 1 saturated heterocycles. The van der Waals surface area contributed by atoms with E-state index in [1.165, 1.54) is 0 Å². The van der Waals surface area contributed by atoms with Crippen LogP contribution in [-0.4, -0.2) is 35.3 Å². The zero-order valence-corrected chi connectivity index (χ0v) is 8.83. The van der Waals surface area contributed by atoms with E-state index in [0.29, 0.717) is 13.0 Å². The molecular weight excluding hydrogens is 184 g/mol. The molecule has 5 heteroatoms. The number of amides is 1. The lowest BCUT2D eigenvalue weighted by Crippen LogP contribution is -2.43. The van der Waals surface area contributed by atoms with Gasteiger partial charge in [-0.1, -0.05) is 0 Å². The number of hydrogen-bond donors (Lipinski definition) is 3. The van der Waals surface area contributed by atoms with Crippen molar-refractivity contribution < 1.29 is 14.7 Å². The highest BCUT2D eigenvalue weighted by molar-refractivity contribution is 5.81. The zero-order valence-electron chi connectivity index (χ0n) is 8.83. The maximum Gasteiger partial charge on any atom is 0.260 e. The molecule has 0 spiro atoms. The summed E-state index contributed by atoms with van der Waals surface area (Å²) in [6, 6.07) is -0.340. The lowest BCUT2D eigenvalue weighted by atomic mass is 10.2. The molecule has 1 rings (SSSR count). The lowest BCUT2D eigenvalue weighted by molar-refractivity contribution is -0.147. The predicted octanol–water partition coefficient (Wildman–Crippen LogP) is -0.445. The Morgan fingerprint density at radius 1 is 1.57 bits per heavy atom. The van der Waals surface area contributed by atoms with Crippen LogP contribution in [0.4, 0.5) is 0 Å². The van der Waals surface area contributed by atoms with Crippen molar-refractivity contribution in [2.24, 2.45) is 0 Å². The summed E-state index contributed by atoms with van der Waals surface area (Å²) in [6.07, 6.45) is 0.0136. The van der Waals surface area contributed by atoms with Crippen LogP contribution in [0.5, 0.6) is 0 Å². The summed E-state index contributed by atoms with van der Waals surface area (Å²) >= 11 is 0. The van der Waals surface area contributed by atoms with Gasteiger partial charge in [-0.05, 0) is 27.2 Å². The number of carbonyl (C=O) groups excluding carboxylic acids is 1. The van der Waals surface area contributed by atoms with Crippen molar-refractivity contribution in [3.05, 3.63) is 0 Å². The topological polar surface area (TPSA) is 70.6 Å². The highest BCUT2D eigenvalue weighted by Gasteiger charge is 2.28. The van der Waals surface area contributed by atoms with Gasteiger partial charge in [-0.3, -0.25) is 9.63 Å². The van der Waals surface area contributed by atoms with Gasteiger partial charge >= 0.3 is 0 Å². The normalized spacial score (nSPS) is 27.7. The highest BCUT2D eigenvalue weighted by Crippen LogP contribution is 2.08. The summed E-state index contributed by atoms with van der Waals surface area (Å²) in [6.45, 7) is 6.02. The zero-order chi connectivity index (χ0) is 10.8. The Balaban J connectivity index is 2.29. The Bertz CT molecular complexity index is 213. The average Bonchev–Trinajstić information content (AvgIpc) is 2.46. The van der Waals surface area contributed by atoms with Gasteiger partial charge in [-0.15, -0.1) is 0 Å². The van der Waals surface area contributed by atoms with E-state index in [-0.39, 0.29) is 11.9 Å². The number of carbonyl (C=O) groups is 1. The number of β-amino-alcohol motifs (C(OH)–C–C–N with tert-alkyl or cyclic N) is 1. The van der Waals surface area contributed by atoms with E-state index < -0.39 is 11.7 Å². The minimum Gasteiger partial charge on any atom is -0.392 e. The molecule has 5 nitrogen and oxygen atoms in total. The maximum atomic E-state index is 11.4. The van der Waals surface area contributed by atoms with Gasteiger partial charge < -0.3 is 10.4 Å². The maximum absolute atomic E-state index is 11.4. The van der Waals surface area contributed by atoms with Crippen LogP contribution in [0.15, 0.2) is 0 Å². The fraction of sp³-hybridized carbons (Fsp3) is 0.889. The second-order valence-corrected chi connectivity index (χ2v) is 4.53. The predicted molar refractivity (Wildman–Crippen MR) is 51.4 cm³/mol. The van der Waals surface area contributed by atoms with Gasteiger partial charge in [0.15, 0.2) is 0 Å². The van der Waals surface area contributed by atoms with Crippen LogP contribution in [0, 0.1) is 0 Å². The summed E-state index contributed by atoms with van der Waals surface area (Å²) in [5.74, 6) is -0.225. The summed E-state index contributed by atoms with van der Waals surface area (Å²) in [5, 5.41) is 12.1. The van der Waals surface area contributed by atoms with Gasteiger partial charge in [-0.2, -0.15) is 0 Å². The van der Waals surface area contributed by atoms with E-state index in [2.05, 4.69) is 10.8 Å². The van der Waals surface area contributed by atoms with Crippen molar-refractivity contribution in [3.63, 3.8) is 0 Å². The summed E-state index contributed by atoms with van der Waals surface area (Å²) < 4.78 is 0. The molecule has 1 fully saturated rings. The van der Waals surface area contributed by atoms with E-state index in [4.69, 9.17) is 4.84 Å². The van der Waals surface area contributed by atoms with Crippen LogP contribution in [0.2, 0.25) is 0 Å². The second kappa shape index (κ2) is 4.25. The van der Waals surface area contributed by atoms with E-state index in [1.54, 1.807) is 0 Å². The van der Waals surface area contributed by atoms with Crippen molar-refractivity contribution in [2.75, 3.05) is 6.54 Å². The Labute approximate surface area is 83.8 Å². The Morgan fingerprint density at radius 2 is 2.21 bits per heavy atom. The molecule has 2 atom stereocenters. The molecule has 0 aromatic rings. The van der Waals surface area contributed by atoms with Crippen molar-refractivity contribution in [3.8, 4) is 0 Å². The third kappa shape index (κ3) is 3.61. The fourth-order valence-corrected chi connectivity index (χ4v) is 1.19. The number of nitrogens with one attached hydrogen (secondary N) is 2. The molecule has 14 heavy (non-hydrogen) atoms. The molecule has 82 valence electrons. The van der Waals surface area contributed by atoms with E-state index >= 15 is 0 Å². The van der Waals surface area contributed by atoms with Crippen LogP contribution in [0.3, 0.4) is 0 Å². The van der Waals surface area contributed by atoms with Crippen molar-refractivity contribution in [1.29, 1.82) is 0 Å². The van der Waals surface area contributed by atoms with Gasteiger partial charge in [0.25, 0.3) is 5.91 Å². The molecule has 1 heterocycles. The molecule has 3 N–H and O–H groups in total. The largest absolute Gasteiger partial charge is 0.392 e. The molecule has 0 bridgehead atoms. The van der Waals surface area contributed by atoms with Crippen molar-refractivity contribution in [2.45, 2.75) is 44.9 Å². The highest BCUT2D eigenvalue weighted by atomic mass is 16.7. The van der Waals surface area contributed by atoms with Crippen molar-refractivity contribution >= 4 is 5.91 Å². The molecule has 2 unspecified atom stereocenters. The number of hydrogen-bond acceptors (Lipinski definition) is 4. The molecule has 0 aromatic heterocycles. The van der Waals surface area contributed by atoms with Crippen LogP contribution < -0.4 is 10.8 Å². The third-order valence-electron chi connectivity index (χ3n) is 1.88. The van der Waals surface area contributed by atoms with Crippen molar-refractivity contribution in [1.82, 2.24) is 10.8 Å². The van der Waals surface area contributed by atoms with Gasteiger partial charge in [0.05, 0.1) is 17.7 Å². The smallest absolute Gasteiger partial charge is 0.260 e. The Kier molecular flexibility index (Phi) is 3.47. The van der Waals surface area contributed by atoms with Gasteiger partial charge in [0.2, 0.25) is 0 Å². The molecule has 1 aliphatic rings. The Morgan fingerprint density at radius 3 is 2.64 bits per heavy atom. The monoisotopic (exact) mass is 202 g/mol. The molecule has 0 saturated carbocycles. The van der Waals surface area contributed by atoms with E-state index in [1.807, 2.05) is 20.8 Å². The standard InChI is InChI=1S/C9H18N2O3/c1-9(2,3)14-11-8(13)7-4-6(12)5-10-7/h6-7,10,12H,4-5H2,1-3H3,(H,11,13). The SMILES string of the molecule is CC(C)(C)ONC(=O)C1CC(O)CN1. The van der Waals surface area contributed by atoms with E-state index in [9.17, 15) is 9.90 Å². The van der Waals surface area contributed by atoms with Crippen LogP contribution in [-0.2, 0) is 9.63 Å². The average molecular weight is 202 g/mol. The quantitative estimate of drug-likeness (QED) is 0.531. The first kappa shape index (κ1) is 11.4. The molecule has 1 aliphatic heterocycles. The first-order valence-electron chi connectivity index (χ1n) is 4.78. The first-order chi connectivity index (χ1) is 6.38. The Hall–Kier alpha value is -0.650. The summed E-state index contributed by atoms with van der Waals surface area (Å²) in [4.78, 5) is 16.5. The van der Waals surface area contributed by atoms with Crippen LogP contribution >= 0.6 is 0 Å². The molecule has 0 aromatic carbocycles. The van der Waals surface area contributed by atoms with Gasteiger partial charge in [0, 0.05) is 6.54 Å². The van der Waals surface area contributed by atoms with Gasteiger partial charge in [0.1, 0.15) is 0 Å². The van der Waals surface area contributed by atoms with Crippen LogP contribution in [0.25, 0.3) is 0 Å². The van der Waals surface area contributed by atoms with E-state index in [0.717, 1.165) is 0 Å². The second-order valence-electron chi connectivity index (χ2n) is 4.53. The van der Waals surface area contributed by atoms with Crippen LogP contribution in [0.1, 0.15) is 27.2 Å². The number of aliphatic hydroxyl groups excluding tert-OH is 1. The molecule has 0 aliphatic carbocycles. The molecule has 0 radical (unpaired) electrons. The summed E-state index contributed by atoms with van der Waals surface area (Å²) in [5.41, 5.74) is 1.98. The molecule has 1 amide bonds. The van der Waals surface area contributed by atoms with Gasteiger partial charge in [-0.25, -0.2) is 5.48 Å². The summed E-state index contributed by atoms with van der Waals surface area (Å²) in [7, 11) is 0. The molecular formula is C9H18N2O3. The minimum atomic E-state index is -0.430. The fourth-order valence-electron chi connectivity index (χ4n) is 1.19. The third-order valence-corrected chi connectivity index (χ3v) is 1.88. The lowest BCUT2D eigenvalue weighted by Gasteiger charge is -2.20.